The van der Waals surface area contributed by atoms with E-state index in [0.29, 0.717) is 23.8 Å². The highest BCUT2D eigenvalue weighted by Crippen LogP contribution is 2.51. The Hall–Kier alpha value is -3.35. The number of fused-ring (bicyclic) bond motifs is 1. The number of nitrogens with zero attached hydrogens (tertiary/aromatic N) is 2. The third-order valence-electron chi connectivity index (χ3n) is 6.33. The largest absolute Gasteiger partial charge is 0.489 e. The van der Waals surface area contributed by atoms with Crippen molar-refractivity contribution >= 4 is 23.3 Å². The van der Waals surface area contributed by atoms with Gasteiger partial charge in [0.1, 0.15) is 18.4 Å². The van der Waals surface area contributed by atoms with Gasteiger partial charge in [0.05, 0.1) is 18.3 Å². The molecule has 7 heteroatoms. The quantitative estimate of drug-likeness (QED) is 0.812. The number of anilines is 1. The molecule has 2 N–H and O–H groups in total. The number of carbonyl (C=O) groups excluding carboxylic acids is 2. The fourth-order valence-electron chi connectivity index (χ4n) is 4.42. The first-order valence-electron chi connectivity index (χ1n) is 10.3. The Morgan fingerprint density at radius 3 is 2.67 bits per heavy atom. The van der Waals surface area contributed by atoms with Crippen molar-refractivity contribution in [2.75, 3.05) is 25.1 Å². The lowest BCUT2D eigenvalue weighted by Crippen LogP contribution is -2.53. The number of benzene rings is 2. The van der Waals surface area contributed by atoms with Crippen LogP contribution in [0.25, 0.3) is 0 Å². The van der Waals surface area contributed by atoms with Crippen LogP contribution in [-0.4, -0.2) is 49.9 Å². The van der Waals surface area contributed by atoms with Crippen molar-refractivity contribution in [2.45, 2.75) is 30.3 Å². The van der Waals surface area contributed by atoms with Gasteiger partial charge in [-0.2, -0.15) is 0 Å². The van der Waals surface area contributed by atoms with Gasteiger partial charge in [0.2, 0.25) is 0 Å². The molecule has 1 unspecified atom stereocenters. The summed E-state index contributed by atoms with van der Waals surface area (Å²) in [6, 6.07) is 17.0. The number of aliphatic imine (C=N–C) groups is 1. The molecule has 1 fully saturated rings. The van der Waals surface area contributed by atoms with E-state index in [0.717, 1.165) is 12.8 Å². The minimum Gasteiger partial charge on any atom is -0.489 e. The first kappa shape index (κ1) is 18.7. The van der Waals surface area contributed by atoms with Crippen LogP contribution in [0.1, 0.15) is 18.4 Å². The standard InChI is InChI=1S/C23H24N4O3/c1-27-17-9-5-6-10-18(17)30-14-16(22(27)29)25-21(28)20-24-13-19(26-20)23(11-12-23)15-7-3-2-4-8-15/h2-10,16,19H,11-14H2,1H3,(H,24,26)(H,25,28)/t16-,19?/m0/s1. The summed E-state index contributed by atoms with van der Waals surface area (Å²) in [6.45, 7) is 0.634. The zero-order valence-electron chi connectivity index (χ0n) is 16.8. The summed E-state index contributed by atoms with van der Waals surface area (Å²) in [7, 11) is 1.69. The minimum atomic E-state index is -0.776. The summed E-state index contributed by atoms with van der Waals surface area (Å²) in [6.07, 6.45) is 2.16. The molecule has 30 heavy (non-hydrogen) atoms. The Kier molecular flexibility index (Phi) is 4.46. The van der Waals surface area contributed by atoms with Gasteiger partial charge in [-0.05, 0) is 30.5 Å². The predicted molar refractivity (Wildman–Crippen MR) is 114 cm³/mol. The number of amidine groups is 1. The Labute approximate surface area is 175 Å². The summed E-state index contributed by atoms with van der Waals surface area (Å²) in [5.41, 5.74) is 2.01. The topological polar surface area (TPSA) is 83.0 Å². The highest BCUT2D eigenvalue weighted by Gasteiger charge is 2.52. The second kappa shape index (κ2) is 7.16. The zero-order valence-corrected chi connectivity index (χ0v) is 16.8. The molecular weight excluding hydrogens is 380 g/mol. The minimum absolute atomic E-state index is 0.0376. The number of hydrogen-bond donors (Lipinski definition) is 2. The smallest absolute Gasteiger partial charge is 0.287 e. The van der Waals surface area contributed by atoms with Crippen LogP contribution in [0.4, 0.5) is 5.69 Å². The van der Waals surface area contributed by atoms with Crippen LogP contribution in [0, 0.1) is 0 Å². The van der Waals surface area contributed by atoms with Crippen LogP contribution in [0.3, 0.4) is 0 Å². The van der Waals surface area contributed by atoms with Gasteiger partial charge in [-0.25, -0.2) is 0 Å². The third-order valence-corrected chi connectivity index (χ3v) is 6.33. The molecule has 0 radical (unpaired) electrons. The normalized spacial score (nSPS) is 24.1. The molecule has 2 heterocycles. The summed E-state index contributed by atoms with van der Waals surface area (Å²) >= 11 is 0. The van der Waals surface area contributed by atoms with Gasteiger partial charge in [-0.3, -0.25) is 14.6 Å². The molecule has 0 spiro atoms. The highest BCUT2D eigenvalue weighted by molar-refractivity contribution is 6.38. The van der Waals surface area contributed by atoms with Gasteiger partial charge in [0.25, 0.3) is 11.8 Å². The van der Waals surface area contributed by atoms with Gasteiger partial charge < -0.3 is 20.3 Å². The predicted octanol–water partition coefficient (Wildman–Crippen LogP) is 1.63. The van der Waals surface area contributed by atoms with Crippen molar-refractivity contribution in [1.29, 1.82) is 0 Å². The third kappa shape index (κ3) is 3.10. The van der Waals surface area contributed by atoms with Gasteiger partial charge in [-0.15, -0.1) is 0 Å². The fraction of sp³-hybridized carbons (Fsp3) is 0.348. The van der Waals surface area contributed by atoms with Crippen LogP contribution in [0.2, 0.25) is 0 Å². The van der Waals surface area contributed by atoms with Crippen molar-refractivity contribution in [1.82, 2.24) is 10.6 Å². The lowest BCUT2D eigenvalue weighted by Gasteiger charge is -2.24. The Bertz CT molecular complexity index is 1020. The number of likely N-dealkylation sites (N-methyl/N-ethyl adjacent to an activating group) is 1. The molecule has 1 aliphatic carbocycles. The monoisotopic (exact) mass is 404 g/mol. The molecule has 2 aromatic rings. The van der Waals surface area contributed by atoms with Crippen LogP contribution >= 0.6 is 0 Å². The van der Waals surface area contributed by atoms with E-state index >= 15 is 0 Å². The van der Waals surface area contributed by atoms with Crippen molar-refractivity contribution < 1.29 is 14.3 Å². The lowest BCUT2D eigenvalue weighted by molar-refractivity contribution is -0.124. The van der Waals surface area contributed by atoms with E-state index in [-0.39, 0.29) is 29.9 Å². The molecule has 1 saturated carbocycles. The summed E-state index contributed by atoms with van der Waals surface area (Å²) in [5.74, 6) is 0.327. The molecule has 0 bridgehead atoms. The average molecular weight is 404 g/mol. The number of para-hydroxylation sites is 2. The van der Waals surface area contributed by atoms with Gasteiger partial charge >= 0.3 is 0 Å². The second-order valence-electron chi connectivity index (χ2n) is 8.11. The molecule has 2 aromatic carbocycles. The Morgan fingerprint density at radius 2 is 1.90 bits per heavy atom. The van der Waals surface area contributed by atoms with E-state index in [1.807, 2.05) is 42.5 Å². The lowest BCUT2D eigenvalue weighted by atomic mass is 9.88. The maximum atomic E-state index is 12.8. The molecule has 0 saturated heterocycles. The highest BCUT2D eigenvalue weighted by atomic mass is 16.5. The molecule has 2 aliphatic heterocycles. The van der Waals surface area contributed by atoms with Gasteiger partial charge in [0, 0.05) is 12.5 Å². The zero-order chi connectivity index (χ0) is 20.7. The number of ether oxygens (including phenoxy) is 1. The van der Waals surface area contributed by atoms with E-state index in [1.165, 1.54) is 10.5 Å². The van der Waals surface area contributed by atoms with Crippen LogP contribution in [0.5, 0.6) is 5.75 Å². The molecule has 2 amide bonds. The number of hydrogen-bond acceptors (Lipinski definition) is 5. The van der Waals surface area contributed by atoms with Crippen LogP contribution in [-0.2, 0) is 15.0 Å². The average Bonchev–Trinajstić information content (AvgIpc) is 3.47. The molecule has 0 aromatic heterocycles. The number of amides is 2. The molecule has 2 atom stereocenters. The van der Waals surface area contributed by atoms with Crippen molar-refractivity contribution in [3.05, 3.63) is 60.2 Å². The van der Waals surface area contributed by atoms with Crippen molar-refractivity contribution in [2.24, 2.45) is 4.99 Å². The molecule has 3 aliphatic rings. The fourth-order valence-corrected chi connectivity index (χ4v) is 4.42. The van der Waals surface area contributed by atoms with Gasteiger partial charge in [-0.1, -0.05) is 42.5 Å². The first-order valence-corrected chi connectivity index (χ1v) is 10.3. The number of nitrogens with one attached hydrogen (secondary N) is 2. The van der Waals surface area contributed by atoms with E-state index < -0.39 is 6.04 Å². The number of rotatable bonds is 4. The van der Waals surface area contributed by atoms with Gasteiger partial charge in [0.15, 0.2) is 5.84 Å². The van der Waals surface area contributed by atoms with Crippen LogP contribution < -0.4 is 20.3 Å². The maximum Gasteiger partial charge on any atom is 0.287 e. The van der Waals surface area contributed by atoms with Crippen LogP contribution in [0.15, 0.2) is 59.6 Å². The summed E-state index contributed by atoms with van der Waals surface area (Å²) in [4.78, 5) is 31.7. The van der Waals surface area contributed by atoms with Crippen molar-refractivity contribution in [3.8, 4) is 5.75 Å². The van der Waals surface area contributed by atoms with E-state index in [4.69, 9.17) is 4.74 Å². The van der Waals surface area contributed by atoms with E-state index in [1.54, 1.807) is 7.05 Å². The van der Waals surface area contributed by atoms with Crippen molar-refractivity contribution in [3.63, 3.8) is 0 Å². The van der Waals surface area contributed by atoms with E-state index in [2.05, 4.69) is 27.8 Å². The Morgan fingerprint density at radius 1 is 1.17 bits per heavy atom. The number of carbonyl (C=O) groups is 2. The molecule has 5 rings (SSSR count). The molecule has 7 nitrogen and oxygen atoms in total. The summed E-state index contributed by atoms with van der Waals surface area (Å²) < 4.78 is 5.77. The SMILES string of the molecule is CN1C(=O)[C@@H](NC(=O)C2=NCC(C3(c4ccccc4)CC3)N2)COc2ccccc21. The maximum absolute atomic E-state index is 12.8. The second-order valence-corrected chi connectivity index (χ2v) is 8.11. The molecular formula is C23H24N4O3. The Balaban J connectivity index is 1.25. The molecule has 154 valence electrons. The first-order chi connectivity index (χ1) is 14.6. The van der Waals surface area contributed by atoms with E-state index in [9.17, 15) is 9.59 Å². The summed E-state index contributed by atoms with van der Waals surface area (Å²) in [5, 5.41) is 6.11.